The summed E-state index contributed by atoms with van der Waals surface area (Å²) in [5, 5.41) is 7.69. The summed E-state index contributed by atoms with van der Waals surface area (Å²) in [5.41, 5.74) is 0.541. The van der Waals surface area contributed by atoms with Gasteiger partial charge in [0.25, 0.3) is 5.91 Å². The Bertz CT molecular complexity index is 380. The summed E-state index contributed by atoms with van der Waals surface area (Å²) in [6.07, 6.45) is 0. The van der Waals surface area contributed by atoms with Crippen molar-refractivity contribution in [1.29, 1.82) is 0 Å². The van der Waals surface area contributed by atoms with Crippen molar-refractivity contribution in [1.82, 2.24) is 0 Å². The Hall–Kier alpha value is -2.11. The minimum Gasteiger partial charge on any atom is -0.324 e. The lowest BCUT2D eigenvalue weighted by atomic mass is 10.1. The van der Waals surface area contributed by atoms with Gasteiger partial charge in [-0.2, -0.15) is 4.91 Å². The molecule has 84 valence electrons. The minimum absolute atomic E-state index is 0.541. The fourth-order valence-corrected chi connectivity index (χ4v) is 1.15. The molecule has 0 aromatic heterocycles. The van der Waals surface area contributed by atoms with E-state index in [0.29, 0.717) is 5.69 Å². The van der Waals surface area contributed by atoms with Gasteiger partial charge in [-0.25, -0.2) is 0 Å². The fraction of sp³-hybridized carbons (Fsp3) is 0.300. The van der Waals surface area contributed by atoms with Gasteiger partial charge < -0.3 is 5.32 Å². The summed E-state index contributed by atoms with van der Waals surface area (Å²) in [6, 6.07) is 6.33. The maximum Gasteiger partial charge on any atom is 0.255 e. The van der Waals surface area contributed by atoms with Crippen molar-refractivity contribution in [3.63, 3.8) is 0 Å². The molecular formula is C10H11N3O3. The van der Waals surface area contributed by atoms with Crippen LogP contribution in [0.15, 0.2) is 40.7 Å². The van der Waals surface area contributed by atoms with E-state index in [0.717, 1.165) is 0 Å². The molecule has 0 heterocycles. The van der Waals surface area contributed by atoms with Crippen LogP contribution in [0, 0.1) is 9.81 Å². The minimum atomic E-state index is -1.29. The molecular weight excluding hydrogens is 210 g/mol. The van der Waals surface area contributed by atoms with Gasteiger partial charge >= 0.3 is 0 Å². The number of benzene rings is 1. The highest BCUT2D eigenvalue weighted by molar-refractivity contribution is 5.95. The van der Waals surface area contributed by atoms with Gasteiger partial charge in [0.15, 0.2) is 6.04 Å². The number of anilines is 1. The van der Waals surface area contributed by atoms with Crippen molar-refractivity contribution in [2.45, 2.75) is 19.0 Å². The number of para-hydroxylation sites is 1. The molecule has 16 heavy (non-hydrogen) atoms. The maximum absolute atomic E-state index is 11.5. The maximum atomic E-state index is 11.5. The predicted octanol–water partition coefficient (Wildman–Crippen LogP) is 1.91. The standard InChI is InChI=1S/C10H11N3O3/c1-7(12-15)9(13-16)10(14)11-8-5-3-2-4-6-8/h2-7,9H,1H3,(H,11,14). The van der Waals surface area contributed by atoms with Crippen molar-refractivity contribution >= 4 is 11.6 Å². The van der Waals surface area contributed by atoms with Crippen LogP contribution >= 0.6 is 0 Å². The lowest BCUT2D eigenvalue weighted by molar-refractivity contribution is -0.117. The third-order valence-corrected chi connectivity index (χ3v) is 2.05. The second kappa shape index (κ2) is 5.69. The molecule has 0 aliphatic rings. The summed E-state index contributed by atoms with van der Waals surface area (Å²) < 4.78 is 0. The molecule has 1 N–H and O–H groups in total. The zero-order valence-corrected chi connectivity index (χ0v) is 8.66. The molecule has 0 aliphatic carbocycles. The molecule has 0 saturated heterocycles. The van der Waals surface area contributed by atoms with E-state index in [2.05, 4.69) is 15.7 Å². The molecule has 2 atom stereocenters. The molecule has 6 nitrogen and oxygen atoms in total. The molecule has 0 bridgehead atoms. The van der Waals surface area contributed by atoms with Crippen LogP contribution in [0.2, 0.25) is 0 Å². The number of amides is 1. The van der Waals surface area contributed by atoms with E-state index in [1.807, 2.05) is 0 Å². The summed E-state index contributed by atoms with van der Waals surface area (Å²) in [4.78, 5) is 32.2. The molecule has 1 aromatic carbocycles. The molecule has 6 heteroatoms. The predicted molar refractivity (Wildman–Crippen MR) is 59.9 cm³/mol. The van der Waals surface area contributed by atoms with Crippen LogP contribution in [0.5, 0.6) is 0 Å². The van der Waals surface area contributed by atoms with Crippen LogP contribution in [0.3, 0.4) is 0 Å². The topological polar surface area (TPSA) is 88.0 Å². The molecule has 0 aliphatic heterocycles. The largest absolute Gasteiger partial charge is 0.324 e. The van der Waals surface area contributed by atoms with Gasteiger partial charge in [-0.15, -0.1) is 4.91 Å². The number of carbonyl (C=O) groups excluding carboxylic acids is 1. The quantitative estimate of drug-likeness (QED) is 0.770. The van der Waals surface area contributed by atoms with Gasteiger partial charge in [0.1, 0.15) is 6.04 Å². The second-order valence-electron chi connectivity index (χ2n) is 3.25. The van der Waals surface area contributed by atoms with Crippen LogP contribution in [-0.4, -0.2) is 18.0 Å². The summed E-state index contributed by atoms with van der Waals surface area (Å²) in [6.45, 7) is 1.36. The number of carbonyl (C=O) groups is 1. The van der Waals surface area contributed by atoms with E-state index >= 15 is 0 Å². The molecule has 2 unspecified atom stereocenters. The van der Waals surface area contributed by atoms with Crippen molar-refractivity contribution in [2.24, 2.45) is 10.4 Å². The number of hydrogen-bond donors (Lipinski definition) is 1. The molecule has 1 rings (SSSR count). The Labute approximate surface area is 92.0 Å². The van der Waals surface area contributed by atoms with Gasteiger partial charge in [-0.1, -0.05) is 28.6 Å². The highest BCUT2D eigenvalue weighted by atomic mass is 16.3. The van der Waals surface area contributed by atoms with Crippen LogP contribution in [0.4, 0.5) is 5.69 Å². The van der Waals surface area contributed by atoms with Crippen LogP contribution in [0.1, 0.15) is 6.92 Å². The zero-order chi connectivity index (χ0) is 12.0. The first-order valence-electron chi connectivity index (χ1n) is 4.70. The Morgan fingerprint density at radius 1 is 1.19 bits per heavy atom. The molecule has 0 radical (unpaired) electrons. The average Bonchev–Trinajstić information content (AvgIpc) is 2.31. The van der Waals surface area contributed by atoms with E-state index < -0.39 is 18.0 Å². The van der Waals surface area contributed by atoms with Gasteiger partial charge in [0.2, 0.25) is 0 Å². The van der Waals surface area contributed by atoms with E-state index in [1.165, 1.54) is 6.92 Å². The molecule has 1 amide bonds. The fourth-order valence-electron chi connectivity index (χ4n) is 1.15. The van der Waals surface area contributed by atoms with Crippen molar-refractivity contribution in [2.75, 3.05) is 5.32 Å². The number of rotatable bonds is 5. The Kier molecular flexibility index (Phi) is 4.26. The lowest BCUT2D eigenvalue weighted by Gasteiger charge is -2.11. The Morgan fingerprint density at radius 2 is 1.81 bits per heavy atom. The first kappa shape index (κ1) is 12.0. The molecule has 0 spiro atoms. The summed E-state index contributed by atoms with van der Waals surface area (Å²) >= 11 is 0. The van der Waals surface area contributed by atoms with Gasteiger partial charge in [0, 0.05) is 5.69 Å². The first-order valence-corrected chi connectivity index (χ1v) is 4.70. The highest BCUT2D eigenvalue weighted by Crippen LogP contribution is 2.09. The number of nitrogens with zero attached hydrogens (tertiary/aromatic N) is 2. The Morgan fingerprint density at radius 3 is 2.31 bits per heavy atom. The smallest absolute Gasteiger partial charge is 0.255 e. The van der Waals surface area contributed by atoms with Crippen molar-refractivity contribution in [3.05, 3.63) is 40.1 Å². The third-order valence-electron chi connectivity index (χ3n) is 2.05. The van der Waals surface area contributed by atoms with E-state index in [1.54, 1.807) is 30.3 Å². The molecule has 1 aromatic rings. The van der Waals surface area contributed by atoms with E-state index in [9.17, 15) is 14.6 Å². The molecule has 0 fully saturated rings. The highest BCUT2D eigenvalue weighted by Gasteiger charge is 2.27. The molecule has 0 saturated carbocycles. The number of nitroso groups, excluding NO2 is 2. The summed E-state index contributed by atoms with van der Waals surface area (Å²) in [5.74, 6) is -0.631. The van der Waals surface area contributed by atoms with E-state index in [4.69, 9.17) is 0 Å². The van der Waals surface area contributed by atoms with Crippen LogP contribution in [-0.2, 0) is 4.79 Å². The van der Waals surface area contributed by atoms with Gasteiger partial charge in [-0.3, -0.25) is 4.79 Å². The second-order valence-corrected chi connectivity index (χ2v) is 3.25. The lowest BCUT2D eigenvalue weighted by Crippen LogP contribution is -2.33. The van der Waals surface area contributed by atoms with E-state index in [-0.39, 0.29) is 0 Å². The zero-order valence-electron chi connectivity index (χ0n) is 8.66. The first-order chi connectivity index (χ1) is 7.69. The van der Waals surface area contributed by atoms with Gasteiger partial charge in [0.05, 0.1) is 0 Å². The third kappa shape index (κ3) is 2.94. The van der Waals surface area contributed by atoms with Gasteiger partial charge in [-0.05, 0) is 19.1 Å². The van der Waals surface area contributed by atoms with Crippen molar-refractivity contribution < 1.29 is 4.79 Å². The number of nitrogens with one attached hydrogen (secondary N) is 1. The number of hydrogen-bond acceptors (Lipinski definition) is 5. The average molecular weight is 221 g/mol. The van der Waals surface area contributed by atoms with Crippen LogP contribution in [0.25, 0.3) is 0 Å². The van der Waals surface area contributed by atoms with Crippen molar-refractivity contribution in [3.8, 4) is 0 Å². The monoisotopic (exact) mass is 221 g/mol. The SMILES string of the molecule is CC(N=O)C(N=O)C(=O)Nc1ccccc1. The Balaban J connectivity index is 2.70. The normalized spacial score (nSPS) is 13.6. The van der Waals surface area contributed by atoms with Crippen LogP contribution < -0.4 is 5.32 Å². The summed E-state index contributed by atoms with van der Waals surface area (Å²) in [7, 11) is 0.